The first-order valence-electron chi connectivity index (χ1n) is 8.21. The normalized spacial score (nSPS) is 23.2. The number of benzene rings is 1. The highest BCUT2D eigenvalue weighted by molar-refractivity contribution is 7.89. The number of sulfonamides is 1. The van der Waals surface area contributed by atoms with Crippen LogP contribution in [0.15, 0.2) is 24.3 Å². The molecule has 2 saturated heterocycles. The summed E-state index contributed by atoms with van der Waals surface area (Å²) in [5.41, 5.74) is 0.997. The summed E-state index contributed by atoms with van der Waals surface area (Å²) < 4.78 is 25.1. The van der Waals surface area contributed by atoms with Gasteiger partial charge in [0, 0.05) is 44.2 Å². The maximum Gasteiger partial charge on any atom is 0.224 e. The molecule has 1 atom stereocenters. The lowest BCUT2D eigenvalue weighted by atomic mass is 10.0. The van der Waals surface area contributed by atoms with Crippen molar-refractivity contribution >= 4 is 39.9 Å². The van der Waals surface area contributed by atoms with Gasteiger partial charge in [0.25, 0.3) is 0 Å². The number of piperazine rings is 1. The van der Waals surface area contributed by atoms with E-state index in [1.54, 1.807) is 0 Å². The van der Waals surface area contributed by atoms with Crippen LogP contribution in [0.25, 0.3) is 0 Å². The van der Waals surface area contributed by atoms with Crippen molar-refractivity contribution in [1.82, 2.24) is 14.5 Å². The fourth-order valence-corrected chi connectivity index (χ4v) is 5.05. The molecule has 0 aliphatic carbocycles. The highest BCUT2D eigenvalue weighted by Crippen LogP contribution is 2.25. The van der Waals surface area contributed by atoms with Gasteiger partial charge in [0.05, 0.1) is 11.8 Å². The Balaban J connectivity index is 0.00000225. The van der Waals surface area contributed by atoms with E-state index in [2.05, 4.69) is 5.32 Å². The lowest BCUT2D eigenvalue weighted by Gasteiger charge is -2.37. The zero-order chi connectivity index (χ0) is 17.2. The van der Waals surface area contributed by atoms with E-state index in [-0.39, 0.29) is 43.1 Å². The van der Waals surface area contributed by atoms with Crippen molar-refractivity contribution in [2.24, 2.45) is 0 Å². The zero-order valence-corrected chi connectivity index (χ0v) is 16.2. The molecule has 2 aliphatic rings. The summed E-state index contributed by atoms with van der Waals surface area (Å²) in [4.78, 5) is 14.5. The standard InChI is InChI=1S/C16H22ClN3O3S.ClH/c17-14-4-1-3-13(11-14)15-12-18-6-9-20(15)16(21)5-8-19-7-2-10-24(19,22)23;/h1,3-4,11,15,18H,2,5-10,12H2;1H. The number of nitrogens with one attached hydrogen (secondary N) is 1. The summed E-state index contributed by atoms with van der Waals surface area (Å²) in [6.45, 7) is 2.82. The van der Waals surface area contributed by atoms with E-state index in [1.165, 1.54) is 4.31 Å². The van der Waals surface area contributed by atoms with Crippen LogP contribution in [-0.4, -0.2) is 62.0 Å². The van der Waals surface area contributed by atoms with Gasteiger partial charge in [0.2, 0.25) is 15.9 Å². The lowest BCUT2D eigenvalue weighted by Crippen LogP contribution is -2.49. The fourth-order valence-electron chi connectivity index (χ4n) is 3.32. The highest BCUT2D eigenvalue weighted by atomic mass is 35.5. The molecule has 0 bridgehead atoms. The molecule has 0 spiro atoms. The number of rotatable bonds is 4. The molecular weight excluding hydrogens is 385 g/mol. The molecule has 1 aromatic carbocycles. The second-order valence-electron chi connectivity index (χ2n) is 6.18. The van der Waals surface area contributed by atoms with Crippen LogP contribution in [0.2, 0.25) is 5.02 Å². The number of halogens is 2. The van der Waals surface area contributed by atoms with Crippen molar-refractivity contribution in [2.45, 2.75) is 18.9 Å². The summed E-state index contributed by atoms with van der Waals surface area (Å²) in [6, 6.07) is 7.47. The van der Waals surface area contributed by atoms with Gasteiger partial charge in [0.15, 0.2) is 0 Å². The molecule has 2 heterocycles. The van der Waals surface area contributed by atoms with Crippen LogP contribution in [0.4, 0.5) is 0 Å². The zero-order valence-electron chi connectivity index (χ0n) is 13.9. The summed E-state index contributed by atoms with van der Waals surface area (Å²) >= 11 is 6.07. The number of carbonyl (C=O) groups excluding carboxylic acids is 1. The summed E-state index contributed by atoms with van der Waals surface area (Å²) in [7, 11) is -3.15. The van der Waals surface area contributed by atoms with Crippen LogP contribution < -0.4 is 5.32 Å². The van der Waals surface area contributed by atoms with Gasteiger partial charge in [-0.1, -0.05) is 23.7 Å². The minimum Gasteiger partial charge on any atom is -0.333 e. The third-order valence-corrected chi connectivity index (χ3v) is 6.77. The Hall–Kier alpha value is -0.860. The van der Waals surface area contributed by atoms with Crippen molar-refractivity contribution < 1.29 is 13.2 Å². The van der Waals surface area contributed by atoms with E-state index >= 15 is 0 Å². The summed E-state index contributed by atoms with van der Waals surface area (Å²) in [6.07, 6.45) is 0.867. The second-order valence-corrected chi connectivity index (χ2v) is 8.71. The van der Waals surface area contributed by atoms with Crippen molar-refractivity contribution in [3.63, 3.8) is 0 Å². The van der Waals surface area contributed by atoms with E-state index in [0.29, 0.717) is 31.1 Å². The average Bonchev–Trinajstić information content (AvgIpc) is 2.91. The Kier molecular flexibility index (Phi) is 7.10. The molecule has 1 N–H and O–H groups in total. The number of hydrogen-bond acceptors (Lipinski definition) is 4. The van der Waals surface area contributed by atoms with Gasteiger partial charge in [-0.25, -0.2) is 12.7 Å². The number of carbonyl (C=O) groups is 1. The van der Waals surface area contributed by atoms with Crippen LogP contribution in [0.1, 0.15) is 24.4 Å². The fraction of sp³-hybridized carbons (Fsp3) is 0.562. The number of amides is 1. The minimum absolute atomic E-state index is 0. The Labute approximate surface area is 160 Å². The Morgan fingerprint density at radius 1 is 1.32 bits per heavy atom. The first-order valence-corrected chi connectivity index (χ1v) is 10.2. The quantitative estimate of drug-likeness (QED) is 0.823. The molecule has 0 aromatic heterocycles. The number of nitrogens with zero attached hydrogens (tertiary/aromatic N) is 2. The molecule has 3 rings (SSSR count). The van der Waals surface area contributed by atoms with Gasteiger partial charge in [-0.05, 0) is 24.1 Å². The van der Waals surface area contributed by atoms with Crippen LogP contribution >= 0.6 is 24.0 Å². The number of hydrogen-bond donors (Lipinski definition) is 1. The van der Waals surface area contributed by atoms with Crippen LogP contribution in [0, 0.1) is 0 Å². The first kappa shape index (κ1) is 20.5. The van der Waals surface area contributed by atoms with Gasteiger partial charge in [-0.2, -0.15) is 0 Å². The molecule has 25 heavy (non-hydrogen) atoms. The van der Waals surface area contributed by atoms with E-state index in [1.807, 2.05) is 29.2 Å². The molecule has 1 unspecified atom stereocenters. The molecule has 140 valence electrons. The van der Waals surface area contributed by atoms with Gasteiger partial charge in [-0.15, -0.1) is 12.4 Å². The first-order chi connectivity index (χ1) is 11.5. The largest absolute Gasteiger partial charge is 0.333 e. The van der Waals surface area contributed by atoms with Crippen molar-refractivity contribution in [2.75, 3.05) is 38.5 Å². The SMILES string of the molecule is Cl.O=C(CCN1CCCS1(=O)=O)N1CCNCC1c1cccc(Cl)c1. The molecule has 2 fully saturated rings. The topological polar surface area (TPSA) is 69.7 Å². The molecule has 2 aliphatic heterocycles. The van der Waals surface area contributed by atoms with Gasteiger partial charge >= 0.3 is 0 Å². The molecule has 9 heteroatoms. The smallest absolute Gasteiger partial charge is 0.224 e. The third-order valence-electron chi connectivity index (χ3n) is 4.58. The molecular formula is C16H23Cl2N3O3S. The van der Waals surface area contributed by atoms with Gasteiger partial charge in [-0.3, -0.25) is 4.79 Å². The maximum atomic E-state index is 12.7. The maximum absolute atomic E-state index is 12.7. The predicted molar refractivity (Wildman–Crippen MR) is 101 cm³/mol. The van der Waals surface area contributed by atoms with E-state index in [4.69, 9.17) is 11.6 Å². The molecule has 0 saturated carbocycles. The Bertz CT molecular complexity index is 714. The monoisotopic (exact) mass is 407 g/mol. The predicted octanol–water partition coefficient (Wildman–Crippen LogP) is 1.66. The van der Waals surface area contributed by atoms with Gasteiger partial charge < -0.3 is 10.2 Å². The van der Waals surface area contributed by atoms with Crippen LogP contribution in [-0.2, 0) is 14.8 Å². The average molecular weight is 408 g/mol. The van der Waals surface area contributed by atoms with Gasteiger partial charge in [0.1, 0.15) is 0 Å². The Morgan fingerprint density at radius 3 is 2.80 bits per heavy atom. The molecule has 0 radical (unpaired) electrons. The van der Waals surface area contributed by atoms with E-state index < -0.39 is 10.0 Å². The Morgan fingerprint density at radius 2 is 2.12 bits per heavy atom. The van der Waals surface area contributed by atoms with E-state index in [0.717, 1.165) is 12.1 Å². The summed E-state index contributed by atoms with van der Waals surface area (Å²) in [5.74, 6) is 0.184. The lowest BCUT2D eigenvalue weighted by molar-refractivity contribution is -0.134. The summed E-state index contributed by atoms with van der Waals surface area (Å²) in [5, 5.41) is 3.95. The minimum atomic E-state index is -3.15. The second kappa shape index (κ2) is 8.68. The third kappa shape index (κ3) is 4.86. The highest BCUT2D eigenvalue weighted by Gasteiger charge is 2.31. The van der Waals surface area contributed by atoms with Crippen molar-refractivity contribution in [3.8, 4) is 0 Å². The molecule has 1 aromatic rings. The van der Waals surface area contributed by atoms with E-state index in [9.17, 15) is 13.2 Å². The molecule has 6 nitrogen and oxygen atoms in total. The van der Waals surface area contributed by atoms with Crippen LogP contribution in [0.3, 0.4) is 0 Å². The van der Waals surface area contributed by atoms with Crippen molar-refractivity contribution in [3.05, 3.63) is 34.9 Å². The van der Waals surface area contributed by atoms with Crippen LogP contribution in [0.5, 0.6) is 0 Å². The van der Waals surface area contributed by atoms with Crippen molar-refractivity contribution in [1.29, 1.82) is 0 Å². The molecule has 1 amide bonds.